The Morgan fingerprint density at radius 3 is 1.85 bits per heavy atom. The topological polar surface area (TPSA) is 26.3 Å². The summed E-state index contributed by atoms with van der Waals surface area (Å²) in [5.74, 6) is -0.196. The number of hydrogen-bond acceptors (Lipinski definition) is 2. The summed E-state index contributed by atoms with van der Waals surface area (Å²) in [5.41, 5.74) is 0.643. The average Bonchev–Trinajstić information content (AvgIpc) is 2.45. The van der Waals surface area contributed by atoms with Crippen LogP contribution in [0, 0.1) is 0 Å². The molecular weight excluding hydrogens is 248 g/mol. The van der Waals surface area contributed by atoms with Crippen LogP contribution in [0.2, 0.25) is 0 Å². The highest BCUT2D eigenvalue weighted by atomic mass is 16.5. The van der Waals surface area contributed by atoms with E-state index in [1.54, 1.807) is 0 Å². The number of ether oxygens (including phenoxy) is 1. The van der Waals surface area contributed by atoms with Crippen molar-refractivity contribution in [2.24, 2.45) is 0 Å². The molecule has 0 aromatic carbocycles. The molecule has 20 heavy (non-hydrogen) atoms. The largest absolute Gasteiger partial charge is 0.462 e. The van der Waals surface area contributed by atoms with Crippen LogP contribution >= 0.6 is 0 Å². The van der Waals surface area contributed by atoms with Crippen LogP contribution in [-0.4, -0.2) is 12.6 Å². The highest BCUT2D eigenvalue weighted by Crippen LogP contribution is 2.13. The summed E-state index contributed by atoms with van der Waals surface area (Å²) in [4.78, 5) is 11.6. The first-order valence-corrected chi connectivity index (χ1v) is 8.57. The van der Waals surface area contributed by atoms with E-state index < -0.39 is 0 Å². The summed E-state index contributed by atoms with van der Waals surface area (Å²) in [6.45, 7) is 8.70. The van der Waals surface area contributed by atoms with E-state index in [2.05, 4.69) is 20.4 Å². The highest BCUT2D eigenvalue weighted by Gasteiger charge is 2.07. The van der Waals surface area contributed by atoms with Gasteiger partial charge in [-0.1, -0.05) is 78.2 Å². The fourth-order valence-electron chi connectivity index (χ4n) is 2.16. The third-order valence-corrected chi connectivity index (χ3v) is 3.60. The molecule has 0 N–H and O–H groups in total. The van der Waals surface area contributed by atoms with Crippen molar-refractivity contribution >= 4 is 5.97 Å². The molecule has 118 valence electrons. The van der Waals surface area contributed by atoms with Crippen molar-refractivity contribution in [3.8, 4) is 0 Å². The molecule has 2 heteroatoms. The Balaban J connectivity index is 3.32. The summed E-state index contributed by atoms with van der Waals surface area (Å²) in [6.07, 6.45) is 14.5. The number of rotatable bonds is 14. The SMILES string of the molecule is C=C(CCCCCCCCCCC)C(=O)OCCCC. The number of unbranched alkanes of at least 4 members (excludes halogenated alkanes) is 9. The van der Waals surface area contributed by atoms with E-state index in [1.807, 2.05) is 0 Å². The Labute approximate surface area is 126 Å². The molecule has 0 aliphatic rings. The molecule has 0 heterocycles. The maximum absolute atomic E-state index is 11.6. The van der Waals surface area contributed by atoms with Crippen molar-refractivity contribution in [3.05, 3.63) is 12.2 Å². The molecule has 2 nitrogen and oxygen atoms in total. The van der Waals surface area contributed by atoms with Gasteiger partial charge in [-0.05, 0) is 19.3 Å². The van der Waals surface area contributed by atoms with Gasteiger partial charge in [0, 0.05) is 5.57 Å². The predicted octanol–water partition coefficient (Wildman–Crippen LogP) is 5.81. The van der Waals surface area contributed by atoms with Crippen molar-refractivity contribution in [2.45, 2.75) is 90.9 Å². The van der Waals surface area contributed by atoms with Crippen LogP contribution in [0.25, 0.3) is 0 Å². The lowest BCUT2D eigenvalue weighted by atomic mass is 10.0. The summed E-state index contributed by atoms with van der Waals surface area (Å²) in [6, 6.07) is 0. The van der Waals surface area contributed by atoms with Gasteiger partial charge in [0.05, 0.1) is 6.61 Å². The fraction of sp³-hybridized carbons (Fsp3) is 0.833. The van der Waals surface area contributed by atoms with Crippen LogP contribution in [0.15, 0.2) is 12.2 Å². The average molecular weight is 282 g/mol. The van der Waals surface area contributed by atoms with Gasteiger partial charge in [0.25, 0.3) is 0 Å². The molecule has 0 amide bonds. The zero-order valence-corrected chi connectivity index (χ0v) is 13.7. The quantitative estimate of drug-likeness (QED) is 0.228. The second-order valence-corrected chi connectivity index (χ2v) is 5.67. The van der Waals surface area contributed by atoms with Gasteiger partial charge in [0.2, 0.25) is 0 Å². The minimum atomic E-state index is -0.196. The van der Waals surface area contributed by atoms with Gasteiger partial charge in [-0.3, -0.25) is 0 Å². The van der Waals surface area contributed by atoms with Gasteiger partial charge in [-0.25, -0.2) is 4.79 Å². The molecule has 0 aromatic rings. The molecule has 0 aliphatic carbocycles. The van der Waals surface area contributed by atoms with Crippen molar-refractivity contribution < 1.29 is 9.53 Å². The molecule has 0 aliphatic heterocycles. The molecule has 0 saturated carbocycles. The third kappa shape index (κ3) is 12.3. The summed E-state index contributed by atoms with van der Waals surface area (Å²) >= 11 is 0. The van der Waals surface area contributed by atoms with Gasteiger partial charge in [0.15, 0.2) is 0 Å². The Hall–Kier alpha value is -0.790. The first-order chi connectivity index (χ1) is 9.72. The number of carbonyl (C=O) groups is 1. The lowest BCUT2D eigenvalue weighted by molar-refractivity contribution is -0.139. The Kier molecular flexibility index (Phi) is 14.0. The first-order valence-electron chi connectivity index (χ1n) is 8.57. The Bertz CT molecular complexity index is 246. The van der Waals surface area contributed by atoms with E-state index in [-0.39, 0.29) is 5.97 Å². The van der Waals surface area contributed by atoms with Crippen molar-refractivity contribution in [1.82, 2.24) is 0 Å². The lowest BCUT2D eigenvalue weighted by Gasteiger charge is -2.06. The molecule has 0 atom stereocenters. The van der Waals surface area contributed by atoms with E-state index >= 15 is 0 Å². The smallest absolute Gasteiger partial charge is 0.333 e. The van der Waals surface area contributed by atoms with E-state index in [0.29, 0.717) is 12.2 Å². The van der Waals surface area contributed by atoms with Gasteiger partial charge in [-0.2, -0.15) is 0 Å². The normalized spacial score (nSPS) is 10.5. The monoisotopic (exact) mass is 282 g/mol. The van der Waals surface area contributed by atoms with Crippen molar-refractivity contribution in [1.29, 1.82) is 0 Å². The van der Waals surface area contributed by atoms with E-state index in [0.717, 1.165) is 25.7 Å². The highest BCUT2D eigenvalue weighted by molar-refractivity contribution is 5.87. The molecule has 0 saturated heterocycles. The molecular formula is C18H34O2. The predicted molar refractivity (Wildman–Crippen MR) is 86.9 cm³/mol. The summed E-state index contributed by atoms with van der Waals surface area (Å²) < 4.78 is 5.14. The van der Waals surface area contributed by atoms with Gasteiger partial charge in [-0.15, -0.1) is 0 Å². The Morgan fingerprint density at radius 1 is 0.800 bits per heavy atom. The molecule has 0 spiro atoms. The van der Waals surface area contributed by atoms with Crippen molar-refractivity contribution in [2.75, 3.05) is 6.61 Å². The van der Waals surface area contributed by atoms with Crippen LogP contribution in [0.4, 0.5) is 0 Å². The van der Waals surface area contributed by atoms with Gasteiger partial charge in [0.1, 0.15) is 0 Å². The number of hydrogen-bond donors (Lipinski definition) is 0. The fourth-order valence-corrected chi connectivity index (χ4v) is 2.16. The molecule has 0 unspecified atom stereocenters. The maximum atomic E-state index is 11.6. The zero-order chi connectivity index (χ0) is 15.1. The van der Waals surface area contributed by atoms with E-state index in [1.165, 1.54) is 51.4 Å². The zero-order valence-electron chi connectivity index (χ0n) is 13.7. The standard InChI is InChI=1S/C18H34O2/c1-4-6-8-9-10-11-12-13-14-15-17(3)18(19)20-16-7-5-2/h3-16H2,1-2H3. The summed E-state index contributed by atoms with van der Waals surface area (Å²) in [5, 5.41) is 0. The third-order valence-electron chi connectivity index (χ3n) is 3.60. The van der Waals surface area contributed by atoms with Crippen LogP contribution in [-0.2, 0) is 9.53 Å². The van der Waals surface area contributed by atoms with E-state index in [9.17, 15) is 4.79 Å². The van der Waals surface area contributed by atoms with E-state index in [4.69, 9.17) is 4.74 Å². The molecule has 0 fully saturated rings. The number of esters is 1. The minimum Gasteiger partial charge on any atom is -0.462 e. The minimum absolute atomic E-state index is 0.196. The Morgan fingerprint density at radius 2 is 1.30 bits per heavy atom. The van der Waals surface area contributed by atoms with Crippen LogP contribution < -0.4 is 0 Å². The van der Waals surface area contributed by atoms with Gasteiger partial charge >= 0.3 is 5.97 Å². The lowest BCUT2D eigenvalue weighted by Crippen LogP contribution is -2.08. The molecule has 0 aromatic heterocycles. The second-order valence-electron chi connectivity index (χ2n) is 5.67. The summed E-state index contributed by atoms with van der Waals surface area (Å²) in [7, 11) is 0. The first kappa shape index (κ1) is 19.2. The molecule has 0 radical (unpaired) electrons. The van der Waals surface area contributed by atoms with Crippen molar-refractivity contribution in [3.63, 3.8) is 0 Å². The second kappa shape index (κ2) is 14.6. The molecule has 0 rings (SSSR count). The molecule has 0 bridgehead atoms. The van der Waals surface area contributed by atoms with Crippen LogP contribution in [0.3, 0.4) is 0 Å². The van der Waals surface area contributed by atoms with Gasteiger partial charge < -0.3 is 4.74 Å². The van der Waals surface area contributed by atoms with Crippen LogP contribution in [0.5, 0.6) is 0 Å². The maximum Gasteiger partial charge on any atom is 0.333 e. The van der Waals surface area contributed by atoms with Crippen LogP contribution in [0.1, 0.15) is 90.9 Å². The number of carbonyl (C=O) groups excluding carboxylic acids is 1.